The minimum atomic E-state index is -0.635. The Bertz CT molecular complexity index is 964. The van der Waals surface area contributed by atoms with E-state index >= 15 is 0 Å². The number of nitro groups is 1. The molecular weight excluding hydrogens is 352 g/mol. The number of esters is 1. The molecule has 0 aromatic heterocycles. The predicted octanol–water partition coefficient (Wildman–Crippen LogP) is 3.35. The summed E-state index contributed by atoms with van der Waals surface area (Å²) < 4.78 is 15.9. The third kappa shape index (κ3) is 3.95. The molecule has 0 saturated carbocycles. The molecule has 138 valence electrons. The first-order valence-electron chi connectivity index (χ1n) is 8.10. The summed E-state index contributed by atoms with van der Waals surface area (Å²) in [6.45, 7) is 2.37. The van der Waals surface area contributed by atoms with Gasteiger partial charge >= 0.3 is 5.97 Å². The van der Waals surface area contributed by atoms with Crippen molar-refractivity contribution in [1.82, 2.24) is 0 Å². The number of benzene rings is 2. The Balaban J connectivity index is 1.92. The summed E-state index contributed by atoms with van der Waals surface area (Å²) in [5, 5.41) is 10.9. The molecule has 0 saturated heterocycles. The van der Waals surface area contributed by atoms with Gasteiger partial charge in [-0.1, -0.05) is 12.1 Å². The van der Waals surface area contributed by atoms with Gasteiger partial charge in [-0.05, 0) is 36.8 Å². The largest absolute Gasteiger partial charge is 0.493 e. The second kappa shape index (κ2) is 7.69. The molecule has 2 aromatic rings. The van der Waals surface area contributed by atoms with Gasteiger partial charge in [0.05, 0.1) is 18.6 Å². The SMILES string of the molecule is CCOc1ccc(/C=C2/N=C(c3cccc([N+](=O)[O-])c3)OC2=O)cc1OC. The fraction of sp³-hybridized carbons (Fsp3) is 0.158. The number of hydrogen-bond acceptors (Lipinski definition) is 7. The maximum Gasteiger partial charge on any atom is 0.363 e. The molecule has 0 spiro atoms. The number of methoxy groups -OCH3 is 1. The third-order valence-electron chi connectivity index (χ3n) is 3.72. The van der Waals surface area contributed by atoms with Crippen molar-refractivity contribution in [2.24, 2.45) is 4.99 Å². The highest BCUT2D eigenvalue weighted by molar-refractivity contribution is 6.13. The highest BCUT2D eigenvalue weighted by Gasteiger charge is 2.25. The van der Waals surface area contributed by atoms with Gasteiger partial charge < -0.3 is 14.2 Å². The number of rotatable bonds is 6. The first-order chi connectivity index (χ1) is 13.0. The van der Waals surface area contributed by atoms with E-state index in [4.69, 9.17) is 14.2 Å². The predicted molar refractivity (Wildman–Crippen MR) is 97.9 cm³/mol. The summed E-state index contributed by atoms with van der Waals surface area (Å²) in [5.74, 6) is 0.509. The molecule has 0 atom stereocenters. The quantitative estimate of drug-likeness (QED) is 0.335. The Morgan fingerprint density at radius 1 is 1.22 bits per heavy atom. The molecule has 0 aliphatic carbocycles. The number of aliphatic imine (C=N–C) groups is 1. The van der Waals surface area contributed by atoms with Crippen LogP contribution in [0.5, 0.6) is 11.5 Å². The molecule has 0 unspecified atom stereocenters. The van der Waals surface area contributed by atoms with Crippen LogP contribution < -0.4 is 9.47 Å². The van der Waals surface area contributed by atoms with Crippen LogP contribution >= 0.6 is 0 Å². The van der Waals surface area contributed by atoms with Crippen molar-refractivity contribution >= 4 is 23.6 Å². The lowest BCUT2D eigenvalue weighted by molar-refractivity contribution is -0.384. The summed E-state index contributed by atoms with van der Waals surface area (Å²) in [6.07, 6.45) is 1.55. The number of carbonyl (C=O) groups excluding carboxylic acids is 1. The van der Waals surface area contributed by atoms with Crippen molar-refractivity contribution in [3.63, 3.8) is 0 Å². The van der Waals surface area contributed by atoms with Crippen molar-refractivity contribution < 1.29 is 23.9 Å². The second-order valence-corrected chi connectivity index (χ2v) is 5.49. The van der Waals surface area contributed by atoms with Crippen LogP contribution in [0.1, 0.15) is 18.1 Å². The van der Waals surface area contributed by atoms with E-state index in [2.05, 4.69) is 4.99 Å². The van der Waals surface area contributed by atoms with Crippen LogP contribution in [-0.2, 0) is 9.53 Å². The molecule has 8 heteroatoms. The zero-order valence-electron chi connectivity index (χ0n) is 14.7. The van der Waals surface area contributed by atoms with E-state index in [1.54, 1.807) is 30.3 Å². The lowest BCUT2D eigenvalue weighted by Crippen LogP contribution is -2.05. The minimum absolute atomic E-state index is 0.0212. The first-order valence-corrected chi connectivity index (χ1v) is 8.10. The van der Waals surface area contributed by atoms with Gasteiger partial charge in [-0.3, -0.25) is 10.1 Å². The van der Waals surface area contributed by atoms with E-state index in [0.29, 0.717) is 29.2 Å². The molecule has 2 aromatic carbocycles. The summed E-state index contributed by atoms with van der Waals surface area (Å²) in [6, 6.07) is 10.9. The number of nitro benzene ring substituents is 1. The van der Waals surface area contributed by atoms with Crippen molar-refractivity contribution in [3.05, 3.63) is 69.4 Å². The van der Waals surface area contributed by atoms with E-state index in [-0.39, 0.29) is 17.3 Å². The zero-order valence-corrected chi connectivity index (χ0v) is 14.7. The standard InChI is InChI=1S/C19H16N2O6/c1-3-26-16-8-7-12(10-17(16)25-2)9-15-19(22)27-18(20-15)13-5-4-6-14(11-13)21(23)24/h4-11H,3H2,1-2H3/b15-9+. The number of cyclic esters (lactones) is 1. The van der Waals surface area contributed by atoms with Crippen molar-refractivity contribution in [2.75, 3.05) is 13.7 Å². The van der Waals surface area contributed by atoms with Gasteiger partial charge in [-0.15, -0.1) is 0 Å². The molecular formula is C19H16N2O6. The Morgan fingerprint density at radius 2 is 2.04 bits per heavy atom. The second-order valence-electron chi connectivity index (χ2n) is 5.49. The molecule has 0 bridgehead atoms. The fourth-order valence-electron chi connectivity index (χ4n) is 2.49. The first kappa shape index (κ1) is 18.1. The van der Waals surface area contributed by atoms with E-state index in [1.807, 2.05) is 6.92 Å². The smallest absolute Gasteiger partial charge is 0.363 e. The summed E-state index contributed by atoms with van der Waals surface area (Å²) in [4.78, 5) is 26.6. The lowest BCUT2D eigenvalue weighted by Gasteiger charge is -2.09. The molecule has 8 nitrogen and oxygen atoms in total. The van der Waals surface area contributed by atoms with Crippen LogP contribution in [-0.4, -0.2) is 30.5 Å². The molecule has 27 heavy (non-hydrogen) atoms. The Morgan fingerprint density at radius 3 is 2.74 bits per heavy atom. The van der Waals surface area contributed by atoms with Crippen LogP contribution in [0.25, 0.3) is 6.08 Å². The van der Waals surface area contributed by atoms with Gasteiger partial charge in [0.25, 0.3) is 5.69 Å². The summed E-state index contributed by atoms with van der Waals surface area (Å²) in [7, 11) is 1.52. The van der Waals surface area contributed by atoms with E-state index in [1.165, 1.54) is 25.3 Å². The number of ether oxygens (including phenoxy) is 3. The molecule has 0 amide bonds. The maximum atomic E-state index is 12.1. The maximum absolute atomic E-state index is 12.1. The van der Waals surface area contributed by atoms with Crippen molar-refractivity contribution in [3.8, 4) is 11.5 Å². The minimum Gasteiger partial charge on any atom is -0.493 e. The van der Waals surface area contributed by atoms with E-state index in [0.717, 1.165) is 0 Å². The Hall–Kier alpha value is -3.68. The Labute approximate surface area is 154 Å². The van der Waals surface area contributed by atoms with Gasteiger partial charge in [-0.25, -0.2) is 9.79 Å². The Kier molecular flexibility index (Phi) is 5.16. The topological polar surface area (TPSA) is 100 Å². The molecule has 1 heterocycles. The van der Waals surface area contributed by atoms with E-state index in [9.17, 15) is 14.9 Å². The van der Waals surface area contributed by atoms with Gasteiger partial charge in [0.2, 0.25) is 5.90 Å². The van der Waals surface area contributed by atoms with Gasteiger partial charge in [-0.2, -0.15) is 0 Å². The lowest BCUT2D eigenvalue weighted by atomic mass is 10.1. The number of carbonyl (C=O) groups is 1. The average Bonchev–Trinajstić information content (AvgIpc) is 3.03. The van der Waals surface area contributed by atoms with Gasteiger partial charge in [0.15, 0.2) is 17.2 Å². The van der Waals surface area contributed by atoms with Gasteiger partial charge in [0.1, 0.15) is 0 Å². The average molecular weight is 368 g/mol. The highest BCUT2D eigenvalue weighted by atomic mass is 16.6. The van der Waals surface area contributed by atoms with Crippen molar-refractivity contribution in [2.45, 2.75) is 6.92 Å². The molecule has 1 aliphatic heterocycles. The van der Waals surface area contributed by atoms with Crippen LogP contribution in [0, 0.1) is 10.1 Å². The molecule has 0 fully saturated rings. The van der Waals surface area contributed by atoms with Crippen LogP contribution in [0.15, 0.2) is 53.2 Å². The van der Waals surface area contributed by atoms with Gasteiger partial charge in [0, 0.05) is 17.7 Å². The summed E-state index contributed by atoms with van der Waals surface area (Å²) in [5.41, 5.74) is 0.999. The van der Waals surface area contributed by atoms with Crippen LogP contribution in [0.4, 0.5) is 5.69 Å². The van der Waals surface area contributed by atoms with E-state index < -0.39 is 10.9 Å². The number of non-ortho nitro benzene ring substituents is 1. The zero-order chi connectivity index (χ0) is 19.4. The van der Waals surface area contributed by atoms with Crippen LogP contribution in [0.3, 0.4) is 0 Å². The normalized spacial score (nSPS) is 14.7. The number of nitrogens with zero attached hydrogens (tertiary/aromatic N) is 2. The fourth-order valence-corrected chi connectivity index (χ4v) is 2.49. The molecule has 1 aliphatic rings. The third-order valence-corrected chi connectivity index (χ3v) is 3.72. The molecule has 3 rings (SSSR count). The van der Waals surface area contributed by atoms with Crippen LogP contribution in [0.2, 0.25) is 0 Å². The van der Waals surface area contributed by atoms with Crippen molar-refractivity contribution in [1.29, 1.82) is 0 Å². The summed E-state index contributed by atoms with van der Waals surface area (Å²) >= 11 is 0. The monoisotopic (exact) mass is 368 g/mol. The number of hydrogen-bond donors (Lipinski definition) is 0. The highest BCUT2D eigenvalue weighted by Crippen LogP contribution is 2.30. The molecule has 0 radical (unpaired) electrons. The molecule has 0 N–H and O–H groups in total.